The highest BCUT2D eigenvalue weighted by molar-refractivity contribution is 5.63. The fraction of sp³-hybridized carbons (Fsp3) is 0.0909. The van der Waals surface area contributed by atoms with Crippen LogP contribution in [-0.2, 0) is 6.61 Å². The van der Waals surface area contributed by atoms with Gasteiger partial charge in [0.25, 0.3) is 0 Å². The average molecular weight is 173 g/mol. The first-order valence-electron chi connectivity index (χ1n) is 4.24. The third-order valence-electron chi connectivity index (χ3n) is 2.08. The van der Waals surface area contributed by atoms with Crippen LogP contribution in [0.4, 0.5) is 0 Å². The lowest BCUT2D eigenvalue weighted by molar-refractivity contribution is 0.282. The second-order valence-electron chi connectivity index (χ2n) is 2.90. The number of benzene rings is 1. The lowest BCUT2D eigenvalue weighted by atomic mass is 10.1. The molecule has 0 aliphatic rings. The number of nitrogens with one attached hydrogen (secondary N) is 1. The summed E-state index contributed by atoms with van der Waals surface area (Å²) in [4.78, 5) is 3.12. The van der Waals surface area contributed by atoms with Gasteiger partial charge in [0.1, 0.15) is 0 Å². The van der Waals surface area contributed by atoms with Gasteiger partial charge in [0, 0.05) is 17.5 Å². The van der Waals surface area contributed by atoms with Crippen molar-refractivity contribution in [2.75, 3.05) is 0 Å². The molecule has 2 aromatic rings. The summed E-state index contributed by atoms with van der Waals surface area (Å²) in [6.07, 6.45) is 1.88. The van der Waals surface area contributed by atoms with Crippen molar-refractivity contribution in [3.63, 3.8) is 0 Å². The predicted octanol–water partition coefficient (Wildman–Crippen LogP) is 2.17. The van der Waals surface area contributed by atoms with Crippen LogP contribution < -0.4 is 0 Å². The predicted molar refractivity (Wildman–Crippen MR) is 52.2 cm³/mol. The number of hydrogen-bond donors (Lipinski definition) is 2. The number of H-pyrrole nitrogens is 1. The molecule has 2 N–H and O–H groups in total. The van der Waals surface area contributed by atoms with Crippen molar-refractivity contribution in [2.45, 2.75) is 6.61 Å². The summed E-state index contributed by atoms with van der Waals surface area (Å²) in [7, 11) is 0. The van der Waals surface area contributed by atoms with Crippen molar-refractivity contribution in [3.05, 3.63) is 48.2 Å². The zero-order valence-corrected chi connectivity index (χ0v) is 7.20. The highest BCUT2D eigenvalue weighted by Crippen LogP contribution is 2.21. The molecule has 0 radical (unpaired) electrons. The Morgan fingerprint density at radius 3 is 2.62 bits per heavy atom. The summed E-state index contributed by atoms with van der Waals surface area (Å²) in [6, 6.07) is 11.8. The van der Waals surface area contributed by atoms with Crippen molar-refractivity contribution < 1.29 is 5.11 Å². The molecule has 1 aromatic heterocycles. The normalized spacial score (nSPS) is 10.2. The van der Waals surface area contributed by atoms with Crippen molar-refractivity contribution in [1.82, 2.24) is 4.98 Å². The van der Waals surface area contributed by atoms with Gasteiger partial charge >= 0.3 is 0 Å². The summed E-state index contributed by atoms with van der Waals surface area (Å²) in [5, 5.41) is 9.10. The average Bonchev–Trinajstić information content (AvgIpc) is 2.70. The molecule has 0 fully saturated rings. The molecule has 1 aromatic carbocycles. The zero-order valence-electron chi connectivity index (χ0n) is 7.20. The summed E-state index contributed by atoms with van der Waals surface area (Å²) in [5.74, 6) is 0. The van der Waals surface area contributed by atoms with E-state index in [2.05, 4.69) is 4.98 Å². The Kier molecular flexibility index (Phi) is 2.15. The zero-order chi connectivity index (χ0) is 9.10. The maximum atomic E-state index is 9.10. The first-order valence-corrected chi connectivity index (χ1v) is 4.24. The first-order chi connectivity index (χ1) is 6.42. The smallest absolute Gasteiger partial charge is 0.0688 e. The minimum atomic E-state index is 0.0786. The SMILES string of the molecule is OCc1ccccc1-c1ccc[nH]1. The Hall–Kier alpha value is -1.54. The Morgan fingerprint density at radius 1 is 1.08 bits per heavy atom. The van der Waals surface area contributed by atoms with Gasteiger partial charge < -0.3 is 10.1 Å². The van der Waals surface area contributed by atoms with E-state index in [4.69, 9.17) is 5.11 Å². The summed E-state index contributed by atoms with van der Waals surface area (Å²) >= 11 is 0. The molecule has 66 valence electrons. The van der Waals surface area contributed by atoms with Gasteiger partial charge in [-0.1, -0.05) is 24.3 Å². The highest BCUT2D eigenvalue weighted by Gasteiger charge is 2.02. The van der Waals surface area contributed by atoms with Crippen LogP contribution in [0.15, 0.2) is 42.6 Å². The molecule has 0 aliphatic carbocycles. The monoisotopic (exact) mass is 173 g/mol. The molecule has 0 aliphatic heterocycles. The van der Waals surface area contributed by atoms with Gasteiger partial charge in [0.15, 0.2) is 0 Å². The fourth-order valence-corrected chi connectivity index (χ4v) is 1.42. The van der Waals surface area contributed by atoms with E-state index in [1.807, 2.05) is 42.6 Å². The molecule has 0 atom stereocenters. The van der Waals surface area contributed by atoms with E-state index < -0.39 is 0 Å². The Bertz CT molecular complexity index is 379. The standard InChI is InChI=1S/C11H11NO/c13-8-9-4-1-2-5-10(9)11-6-3-7-12-11/h1-7,12-13H,8H2. The van der Waals surface area contributed by atoms with Gasteiger partial charge in [-0.25, -0.2) is 0 Å². The van der Waals surface area contributed by atoms with E-state index >= 15 is 0 Å². The van der Waals surface area contributed by atoms with Crippen molar-refractivity contribution in [1.29, 1.82) is 0 Å². The van der Waals surface area contributed by atoms with Crippen LogP contribution in [0.2, 0.25) is 0 Å². The third-order valence-corrected chi connectivity index (χ3v) is 2.08. The maximum Gasteiger partial charge on any atom is 0.0688 e. The largest absolute Gasteiger partial charge is 0.392 e. The van der Waals surface area contributed by atoms with Crippen molar-refractivity contribution >= 4 is 0 Å². The van der Waals surface area contributed by atoms with E-state index in [-0.39, 0.29) is 6.61 Å². The van der Waals surface area contributed by atoms with E-state index in [0.717, 1.165) is 16.8 Å². The second-order valence-corrected chi connectivity index (χ2v) is 2.90. The molecule has 0 saturated carbocycles. The Morgan fingerprint density at radius 2 is 1.92 bits per heavy atom. The quantitative estimate of drug-likeness (QED) is 0.717. The summed E-state index contributed by atoms with van der Waals surface area (Å²) < 4.78 is 0. The molecule has 2 nitrogen and oxygen atoms in total. The summed E-state index contributed by atoms with van der Waals surface area (Å²) in [5.41, 5.74) is 3.06. The topological polar surface area (TPSA) is 36.0 Å². The number of hydrogen-bond acceptors (Lipinski definition) is 1. The highest BCUT2D eigenvalue weighted by atomic mass is 16.3. The van der Waals surface area contributed by atoms with Gasteiger partial charge in [-0.3, -0.25) is 0 Å². The maximum absolute atomic E-state index is 9.10. The van der Waals surface area contributed by atoms with Gasteiger partial charge in [-0.2, -0.15) is 0 Å². The molecular formula is C11H11NO. The van der Waals surface area contributed by atoms with Gasteiger partial charge in [0.05, 0.1) is 6.61 Å². The van der Waals surface area contributed by atoms with E-state index in [0.29, 0.717) is 0 Å². The Balaban J connectivity index is 2.51. The van der Waals surface area contributed by atoms with Gasteiger partial charge in [-0.15, -0.1) is 0 Å². The Labute approximate surface area is 76.9 Å². The molecule has 0 amide bonds. The molecule has 0 unspecified atom stereocenters. The molecule has 1 heterocycles. The second kappa shape index (κ2) is 3.46. The van der Waals surface area contributed by atoms with Crippen LogP contribution in [0.5, 0.6) is 0 Å². The number of rotatable bonds is 2. The molecular weight excluding hydrogens is 162 g/mol. The van der Waals surface area contributed by atoms with Crippen LogP contribution >= 0.6 is 0 Å². The third kappa shape index (κ3) is 1.48. The minimum Gasteiger partial charge on any atom is -0.392 e. The van der Waals surface area contributed by atoms with E-state index in [1.165, 1.54) is 0 Å². The fourth-order valence-electron chi connectivity index (χ4n) is 1.42. The molecule has 2 heteroatoms. The van der Waals surface area contributed by atoms with Crippen molar-refractivity contribution in [3.8, 4) is 11.3 Å². The minimum absolute atomic E-state index is 0.0786. The first kappa shape index (κ1) is 8.08. The lowest BCUT2D eigenvalue weighted by Gasteiger charge is -2.03. The molecule has 0 spiro atoms. The number of aliphatic hydroxyl groups excluding tert-OH is 1. The number of aromatic amines is 1. The van der Waals surface area contributed by atoms with Crippen LogP contribution in [-0.4, -0.2) is 10.1 Å². The summed E-state index contributed by atoms with van der Waals surface area (Å²) in [6.45, 7) is 0.0786. The lowest BCUT2D eigenvalue weighted by Crippen LogP contribution is -1.88. The van der Waals surface area contributed by atoms with E-state index in [9.17, 15) is 0 Å². The van der Waals surface area contributed by atoms with E-state index in [1.54, 1.807) is 0 Å². The van der Waals surface area contributed by atoms with Crippen LogP contribution in [0.3, 0.4) is 0 Å². The van der Waals surface area contributed by atoms with Gasteiger partial charge in [0.2, 0.25) is 0 Å². The van der Waals surface area contributed by atoms with Gasteiger partial charge in [-0.05, 0) is 17.7 Å². The number of aliphatic hydroxyl groups is 1. The van der Waals surface area contributed by atoms with Crippen LogP contribution in [0.25, 0.3) is 11.3 Å². The van der Waals surface area contributed by atoms with Crippen LogP contribution in [0, 0.1) is 0 Å². The number of aromatic nitrogens is 1. The molecule has 13 heavy (non-hydrogen) atoms. The van der Waals surface area contributed by atoms with Crippen molar-refractivity contribution in [2.24, 2.45) is 0 Å². The molecule has 0 bridgehead atoms. The molecule has 0 saturated heterocycles. The molecule has 2 rings (SSSR count). The van der Waals surface area contributed by atoms with Crippen LogP contribution in [0.1, 0.15) is 5.56 Å².